The van der Waals surface area contributed by atoms with Gasteiger partial charge in [0.05, 0.1) is 0 Å². The van der Waals surface area contributed by atoms with Crippen LogP contribution in [0.15, 0.2) is 45.0 Å². The van der Waals surface area contributed by atoms with Gasteiger partial charge in [0, 0.05) is 0 Å². The van der Waals surface area contributed by atoms with Crippen LogP contribution in [0.5, 0.6) is 0 Å². The van der Waals surface area contributed by atoms with E-state index in [-0.39, 0.29) is 32.9 Å². The normalized spacial score (nSPS) is 28.1. The van der Waals surface area contributed by atoms with Crippen LogP contribution in [0.25, 0.3) is 0 Å². The molecule has 2 aliphatic carbocycles. The standard InChI is InChI=1S/2C14H18P.Fe/c2*1-10(2)13-9-14(11(3)4)15(13)12-7-5-6-8-12;/h2*10-11,13-14H,9H2,1-4H3;/q2*-1;+2/t2*13-,14-;/m00./s1. The summed E-state index contributed by atoms with van der Waals surface area (Å²) in [5.41, 5.74) is 21.6. The van der Waals surface area contributed by atoms with Crippen molar-refractivity contribution in [2.75, 3.05) is 0 Å². The van der Waals surface area contributed by atoms with Gasteiger partial charge in [-0.3, -0.25) is 22.9 Å². The summed E-state index contributed by atoms with van der Waals surface area (Å²) in [5, 5.41) is 2.57. The second-order valence-corrected chi connectivity index (χ2v) is 15.4. The second kappa shape index (κ2) is 11.6. The average Bonchev–Trinajstić information content (AvgIpc) is 3.26. The first-order chi connectivity index (χ1) is 14.2. The molecule has 0 aromatic heterocycles. The zero-order valence-corrected chi connectivity index (χ0v) is 23.2. The van der Waals surface area contributed by atoms with E-state index < -0.39 is 0 Å². The SMILES string of the molecule is CC(C)[C@@H]1C[C@@H](C(C)C)P1C1=C=C=C=[C-]1.CC(C)[C@@H]1C[C@@H](C(C)C)P1C1=C=C=C=[C-]1.[Fe+2]. The molecule has 4 atom stereocenters. The van der Waals surface area contributed by atoms with Crippen molar-refractivity contribution in [1.82, 2.24) is 0 Å². The largest absolute Gasteiger partial charge is 2.00 e. The molecule has 0 radical (unpaired) electrons. The van der Waals surface area contributed by atoms with Gasteiger partial charge in [-0.15, -0.1) is 22.8 Å². The van der Waals surface area contributed by atoms with Gasteiger partial charge in [0.2, 0.25) is 0 Å². The minimum atomic E-state index is -0.0352. The first-order valence-electron chi connectivity index (χ1n) is 11.6. The number of hydrogen-bond donors (Lipinski definition) is 0. The van der Waals surface area contributed by atoms with Gasteiger partial charge < -0.3 is 0 Å². The molecule has 0 N–H and O–H groups in total. The molecule has 4 aliphatic rings. The fourth-order valence-corrected chi connectivity index (χ4v) is 11.5. The third-order valence-corrected chi connectivity index (χ3v) is 14.4. The molecule has 4 rings (SSSR count). The van der Waals surface area contributed by atoms with E-state index in [1.54, 1.807) is 0 Å². The number of rotatable bonds is 6. The Morgan fingerprint density at radius 3 is 1.10 bits per heavy atom. The van der Waals surface area contributed by atoms with Crippen LogP contribution in [-0.4, -0.2) is 22.6 Å². The molecule has 2 fully saturated rings. The average molecular weight is 490 g/mol. The topological polar surface area (TPSA) is 0 Å². The predicted octanol–water partition coefficient (Wildman–Crippen LogP) is 8.17. The van der Waals surface area contributed by atoms with E-state index in [1.807, 2.05) is 0 Å². The molecular weight excluding hydrogens is 454 g/mol. The summed E-state index contributed by atoms with van der Waals surface area (Å²) < 4.78 is 0. The molecule has 2 aliphatic heterocycles. The van der Waals surface area contributed by atoms with Gasteiger partial charge in [-0.25, -0.2) is 11.5 Å². The third kappa shape index (κ3) is 5.92. The summed E-state index contributed by atoms with van der Waals surface area (Å²) in [6, 6.07) is 0. The molecular formula is C28H36FeP2. The molecule has 2 saturated heterocycles. The van der Waals surface area contributed by atoms with Crippen LogP contribution in [0, 0.1) is 35.8 Å². The predicted molar refractivity (Wildman–Crippen MR) is 132 cm³/mol. The molecule has 0 aromatic carbocycles. The summed E-state index contributed by atoms with van der Waals surface area (Å²) in [5.74, 6) is 3.18. The van der Waals surface area contributed by atoms with E-state index in [0.717, 1.165) is 46.3 Å². The Kier molecular flexibility index (Phi) is 10.0. The minimum absolute atomic E-state index is 0. The molecule has 0 nitrogen and oxygen atoms in total. The fourth-order valence-electron chi connectivity index (χ4n) is 4.88. The van der Waals surface area contributed by atoms with Crippen molar-refractivity contribution in [3.63, 3.8) is 0 Å². The van der Waals surface area contributed by atoms with Gasteiger partial charge in [-0.05, 0) is 59.1 Å². The fraction of sp³-hybridized carbons (Fsp3) is 0.643. The minimum Gasteiger partial charge on any atom is -0.286 e. The van der Waals surface area contributed by atoms with Gasteiger partial charge in [0.25, 0.3) is 0 Å². The quantitative estimate of drug-likeness (QED) is 0.153. The zero-order chi connectivity index (χ0) is 22.0. The molecule has 31 heavy (non-hydrogen) atoms. The van der Waals surface area contributed by atoms with Crippen molar-refractivity contribution < 1.29 is 17.1 Å². The van der Waals surface area contributed by atoms with Crippen LogP contribution >= 0.6 is 15.8 Å². The van der Waals surface area contributed by atoms with Gasteiger partial charge in [-0.1, -0.05) is 71.2 Å². The van der Waals surface area contributed by atoms with Crippen LogP contribution < -0.4 is 0 Å². The van der Waals surface area contributed by atoms with Crippen LogP contribution in [0.1, 0.15) is 68.2 Å². The molecule has 0 aromatic rings. The van der Waals surface area contributed by atoms with Crippen molar-refractivity contribution in [3.8, 4) is 0 Å². The van der Waals surface area contributed by atoms with Gasteiger partial charge >= 0.3 is 17.1 Å². The molecule has 0 amide bonds. The van der Waals surface area contributed by atoms with E-state index in [4.69, 9.17) is 0 Å². The summed E-state index contributed by atoms with van der Waals surface area (Å²) in [6.07, 6.45) is 9.20. The Morgan fingerprint density at radius 1 is 0.613 bits per heavy atom. The van der Waals surface area contributed by atoms with Gasteiger partial charge in [0.15, 0.2) is 0 Å². The van der Waals surface area contributed by atoms with Crippen molar-refractivity contribution in [2.24, 2.45) is 23.7 Å². The molecule has 0 unspecified atom stereocenters. The maximum Gasteiger partial charge on any atom is 2.00 e. The van der Waals surface area contributed by atoms with E-state index >= 15 is 0 Å². The molecule has 2 heterocycles. The third-order valence-electron chi connectivity index (χ3n) is 6.84. The van der Waals surface area contributed by atoms with Crippen molar-refractivity contribution in [2.45, 2.75) is 90.9 Å². The monoisotopic (exact) mass is 490 g/mol. The summed E-state index contributed by atoms with van der Waals surface area (Å²) in [6.45, 7) is 18.7. The smallest absolute Gasteiger partial charge is 0.286 e. The van der Waals surface area contributed by atoms with E-state index in [0.29, 0.717) is 0 Å². The van der Waals surface area contributed by atoms with Gasteiger partial charge in [-0.2, -0.15) is 0 Å². The zero-order valence-electron chi connectivity index (χ0n) is 20.3. The molecule has 0 bridgehead atoms. The van der Waals surface area contributed by atoms with E-state index in [1.165, 1.54) is 23.5 Å². The van der Waals surface area contributed by atoms with E-state index in [2.05, 4.69) is 102 Å². The molecule has 0 spiro atoms. The molecule has 166 valence electrons. The van der Waals surface area contributed by atoms with Crippen molar-refractivity contribution >= 4 is 15.8 Å². The van der Waals surface area contributed by atoms with Crippen LogP contribution in [0.2, 0.25) is 0 Å². The first-order valence-corrected chi connectivity index (χ1v) is 14.5. The summed E-state index contributed by atoms with van der Waals surface area (Å²) in [7, 11) is -0.0705. The Hall–Kier alpha value is -0.461. The first kappa shape index (κ1) is 26.8. The summed E-state index contributed by atoms with van der Waals surface area (Å²) >= 11 is 0. The van der Waals surface area contributed by atoms with Gasteiger partial charge in [0.1, 0.15) is 0 Å². The summed E-state index contributed by atoms with van der Waals surface area (Å²) in [4.78, 5) is 0. The Balaban J connectivity index is 0.000000213. The Bertz CT molecular complexity index is 823. The molecule has 0 saturated carbocycles. The Morgan fingerprint density at radius 2 is 0.903 bits per heavy atom. The molecule has 3 heteroatoms. The van der Waals surface area contributed by atoms with Crippen LogP contribution in [-0.2, 0) is 17.1 Å². The van der Waals surface area contributed by atoms with Crippen molar-refractivity contribution in [1.29, 1.82) is 0 Å². The maximum atomic E-state index is 3.20. The van der Waals surface area contributed by atoms with Crippen LogP contribution in [0.4, 0.5) is 0 Å². The van der Waals surface area contributed by atoms with Crippen LogP contribution in [0.3, 0.4) is 0 Å². The number of allylic oxidation sites excluding steroid dienone is 4. The van der Waals surface area contributed by atoms with Crippen molar-refractivity contribution in [3.05, 3.63) is 57.2 Å². The number of hydrogen-bond acceptors (Lipinski definition) is 0. The maximum absolute atomic E-state index is 3.20. The van der Waals surface area contributed by atoms with E-state index in [9.17, 15) is 0 Å². The second-order valence-electron chi connectivity index (χ2n) is 10.2. The Labute approximate surface area is 204 Å².